The van der Waals surface area contributed by atoms with Crippen molar-refractivity contribution >= 4 is 29.1 Å². The number of anilines is 2. The van der Waals surface area contributed by atoms with Gasteiger partial charge < -0.3 is 15.5 Å². The topological polar surface area (TPSA) is 94.6 Å². The molecule has 0 radical (unpaired) electrons. The number of carbonyl (C=O) groups excluding carboxylic acids is 3. The molecule has 1 unspecified atom stereocenters. The van der Waals surface area contributed by atoms with Gasteiger partial charge in [-0.25, -0.2) is 0 Å². The summed E-state index contributed by atoms with van der Waals surface area (Å²) in [5.41, 5.74) is 3.56. The number of aryl methyl sites for hydroxylation is 1. The van der Waals surface area contributed by atoms with E-state index in [4.69, 9.17) is 0 Å². The Morgan fingerprint density at radius 2 is 1.89 bits per heavy atom. The van der Waals surface area contributed by atoms with Crippen molar-refractivity contribution in [2.45, 2.75) is 71.4 Å². The summed E-state index contributed by atoms with van der Waals surface area (Å²) in [6.45, 7) is 6.58. The van der Waals surface area contributed by atoms with Gasteiger partial charge in [-0.1, -0.05) is 32.3 Å². The van der Waals surface area contributed by atoms with E-state index in [9.17, 15) is 14.4 Å². The van der Waals surface area contributed by atoms with Crippen LogP contribution in [-0.2, 0) is 9.59 Å². The SMILES string of the molecule is CCCN1C(=O)CN(C(=O)CNC2CCCCC2)c2cc(C(=O)NC(C)c3ccc(C)nc3)ccc21. The second-order valence-electron chi connectivity index (χ2n) is 9.87. The largest absolute Gasteiger partial charge is 0.345 e. The van der Waals surface area contributed by atoms with Crippen LogP contribution in [0.1, 0.15) is 80.0 Å². The first-order valence-electron chi connectivity index (χ1n) is 13.1. The number of amides is 3. The molecule has 8 nitrogen and oxygen atoms in total. The lowest BCUT2D eigenvalue weighted by atomic mass is 9.95. The lowest BCUT2D eigenvalue weighted by Gasteiger charge is -2.36. The van der Waals surface area contributed by atoms with Crippen molar-refractivity contribution in [3.05, 3.63) is 53.3 Å². The van der Waals surface area contributed by atoms with Crippen LogP contribution in [0.3, 0.4) is 0 Å². The normalized spacial score (nSPS) is 17.0. The van der Waals surface area contributed by atoms with E-state index in [1.54, 1.807) is 29.3 Å². The minimum atomic E-state index is -0.238. The summed E-state index contributed by atoms with van der Waals surface area (Å²) < 4.78 is 0. The van der Waals surface area contributed by atoms with Crippen LogP contribution in [0.15, 0.2) is 36.5 Å². The molecular weight excluding hydrogens is 454 g/mol. The average molecular weight is 492 g/mol. The molecule has 1 aromatic carbocycles. The summed E-state index contributed by atoms with van der Waals surface area (Å²) in [6, 6.07) is 9.22. The van der Waals surface area contributed by atoms with Crippen LogP contribution in [0.2, 0.25) is 0 Å². The fourth-order valence-corrected chi connectivity index (χ4v) is 4.97. The van der Waals surface area contributed by atoms with Crippen LogP contribution in [0.5, 0.6) is 0 Å². The molecule has 1 aromatic heterocycles. The summed E-state index contributed by atoms with van der Waals surface area (Å²) in [4.78, 5) is 46.9. The maximum absolute atomic E-state index is 13.3. The molecule has 2 aromatic rings. The van der Waals surface area contributed by atoms with Gasteiger partial charge in [0.25, 0.3) is 5.91 Å². The Bertz CT molecular complexity index is 1090. The van der Waals surface area contributed by atoms with E-state index in [0.29, 0.717) is 29.5 Å². The summed E-state index contributed by atoms with van der Waals surface area (Å²) in [5.74, 6) is -0.492. The van der Waals surface area contributed by atoms with Crippen LogP contribution in [0, 0.1) is 6.92 Å². The van der Waals surface area contributed by atoms with Gasteiger partial charge in [-0.2, -0.15) is 0 Å². The van der Waals surface area contributed by atoms with E-state index < -0.39 is 0 Å². The Labute approximate surface area is 213 Å². The van der Waals surface area contributed by atoms with Crippen LogP contribution in [-0.4, -0.2) is 48.4 Å². The molecule has 2 N–H and O–H groups in total. The molecule has 36 heavy (non-hydrogen) atoms. The first-order valence-corrected chi connectivity index (χ1v) is 13.1. The maximum Gasteiger partial charge on any atom is 0.251 e. The van der Waals surface area contributed by atoms with Crippen molar-refractivity contribution in [1.82, 2.24) is 15.6 Å². The van der Waals surface area contributed by atoms with Crippen molar-refractivity contribution in [3.63, 3.8) is 0 Å². The highest BCUT2D eigenvalue weighted by Crippen LogP contribution is 2.35. The highest BCUT2D eigenvalue weighted by molar-refractivity contribution is 6.12. The zero-order valence-corrected chi connectivity index (χ0v) is 21.5. The molecule has 1 aliphatic heterocycles. The quantitative estimate of drug-likeness (QED) is 0.584. The van der Waals surface area contributed by atoms with Crippen molar-refractivity contribution < 1.29 is 14.4 Å². The number of nitrogens with one attached hydrogen (secondary N) is 2. The number of hydrogen-bond acceptors (Lipinski definition) is 5. The zero-order chi connectivity index (χ0) is 25.7. The van der Waals surface area contributed by atoms with Gasteiger partial charge in [0.05, 0.1) is 24.0 Å². The van der Waals surface area contributed by atoms with Crippen molar-refractivity contribution in [1.29, 1.82) is 0 Å². The van der Waals surface area contributed by atoms with Crippen LogP contribution < -0.4 is 20.4 Å². The highest BCUT2D eigenvalue weighted by Gasteiger charge is 2.33. The zero-order valence-electron chi connectivity index (χ0n) is 21.5. The molecule has 0 bridgehead atoms. The molecule has 2 aliphatic rings. The van der Waals surface area contributed by atoms with E-state index in [2.05, 4.69) is 15.6 Å². The molecule has 3 amide bonds. The van der Waals surface area contributed by atoms with Crippen LogP contribution in [0.25, 0.3) is 0 Å². The number of benzene rings is 1. The standard InChI is InChI=1S/C28H37N5O3/c1-4-14-32-24-13-12-21(28(36)31-20(3)22-11-10-19(2)29-16-22)15-25(24)33(18-27(32)35)26(34)17-30-23-8-6-5-7-9-23/h10-13,15-16,20,23,30H,4-9,14,17-18H2,1-3H3,(H,31,36). The van der Waals surface area contributed by atoms with Gasteiger partial charge in [0.1, 0.15) is 6.54 Å². The second kappa shape index (κ2) is 11.6. The van der Waals surface area contributed by atoms with Crippen LogP contribution >= 0.6 is 0 Å². The van der Waals surface area contributed by atoms with Gasteiger partial charge in [-0.15, -0.1) is 0 Å². The molecule has 1 saturated carbocycles. The molecule has 2 heterocycles. The summed E-state index contributed by atoms with van der Waals surface area (Å²) in [7, 11) is 0. The third kappa shape index (κ3) is 5.93. The Hall–Kier alpha value is -3.26. The molecule has 1 atom stereocenters. The molecular formula is C28H37N5O3. The van der Waals surface area contributed by atoms with E-state index in [-0.39, 0.29) is 36.9 Å². The summed E-state index contributed by atoms with van der Waals surface area (Å²) in [5, 5.41) is 6.41. The Morgan fingerprint density at radius 1 is 1.11 bits per heavy atom. The summed E-state index contributed by atoms with van der Waals surface area (Å²) >= 11 is 0. The lowest BCUT2D eigenvalue weighted by molar-refractivity contribution is -0.122. The number of rotatable bonds is 8. The Morgan fingerprint density at radius 3 is 2.58 bits per heavy atom. The van der Waals surface area contributed by atoms with E-state index in [1.807, 2.05) is 32.9 Å². The Kier molecular flexibility index (Phi) is 8.36. The first kappa shape index (κ1) is 25.8. The number of pyridine rings is 1. The third-order valence-corrected chi connectivity index (χ3v) is 7.09. The molecule has 0 saturated heterocycles. The third-order valence-electron chi connectivity index (χ3n) is 7.09. The number of fused-ring (bicyclic) bond motifs is 1. The van der Waals surface area contributed by atoms with Gasteiger partial charge in [-0.3, -0.25) is 24.3 Å². The fraction of sp³-hybridized carbons (Fsp3) is 0.500. The number of carbonyl (C=O) groups is 3. The van der Waals surface area contributed by atoms with Gasteiger partial charge >= 0.3 is 0 Å². The predicted octanol–water partition coefficient (Wildman–Crippen LogP) is 3.89. The van der Waals surface area contributed by atoms with Crippen molar-refractivity contribution in [3.8, 4) is 0 Å². The molecule has 192 valence electrons. The van der Waals surface area contributed by atoms with Gasteiger partial charge in [0.2, 0.25) is 11.8 Å². The van der Waals surface area contributed by atoms with Crippen molar-refractivity contribution in [2.24, 2.45) is 0 Å². The first-order chi connectivity index (χ1) is 17.4. The highest BCUT2D eigenvalue weighted by atomic mass is 16.2. The van der Waals surface area contributed by atoms with E-state index >= 15 is 0 Å². The molecule has 1 fully saturated rings. The van der Waals surface area contributed by atoms with Crippen molar-refractivity contribution in [2.75, 3.05) is 29.4 Å². The van der Waals surface area contributed by atoms with Gasteiger partial charge in [-0.05, 0) is 62.9 Å². The Balaban J connectivity index is 1.54. The van der Waals surface area contributed by atoms with Gasteiger partial charge in [0.15, 0.2) is 0 Å². The van der Waals surface area contributed by atoms with Gasteiger partial charge in [0, 0.05) is 30.0 Å². The second-order valence-corrected chi connectivity index (χ2v) is 9.87. The fourth-order valence-electron chi connectivity index (χ4n) is 4.97. The number of hydrogen-bond donors (Lipinski definition) is 2. The molecule has 0 spiro atoms. The minimum absolute atomic E-state index is 0.0192. The average Bonchev–Trinajstić information content (AvgIpc) is 2.89. The van der Waals surface area contributed by atoms with E-state index in [0.717, 1.165) is 30.5 Å². The number of aromatic nitrogens is 1. The van der Waals surface area contributed by atoms with Crippen LogP contribution in [0.4, 0.5) is 11.4 Å². The van der Waals surface area contributed by atoms with E-state index in [1.165, 1.54) is 24.2 Å². The predicted molar refractivity (Wildman–Crippen MR) is 141 cm³/mol. The minimum Gasteiger partial charge on any atom is -0.345 e. The summed E-state index contributed by atoms with van der Waals surface area (Å²) in [6.07, 6.45) is 8.32. The molecule has 8 heteroatoms. The smallest absolute Gasteiger partial charge is 0.251 e. The maximum atomic E-state index is 13.3. The lowest BCUT2D eigenvalue weighted by Crippen LogP contribution is -2.51. The monoisotopic (exact) mass is 491 g/mol. The molecule has 4 rings (SSSR count). The number of nitrogens with zero attached hydrogens (tertiary/aromatic N) is 3. The molecule has 1 aliphatic carbocycles.